The van der Waals surface area contributed by atoms with Crippen molar-refractivity contribution in [3.8, 4) is 22.3 Å². The van der Waals surface area contributed by atoms with E-state index in [9.17, 15) is 14.7 Å². The van der Waals surface area contributed by atoms with E-state index in [4.69, 9.17) is 10.5 Å². The second-order valence-corrected chi connectivity index (χ2v) is 8.19. The Morgan fingerprint density at radius 2 is 1.82 bits per heavy atom. The first kappa shape index (κ1) is 20.9. The van der Waals surface area contributed by atoms with Crippen LogP contribution in [0.3, 0.4) is 0 Å². The van der Waals surface area contributed by atoms with Crippen LogP contribution in [0.25, 0.3) is 33.2 Å². The van der Waals surface area contributed by atoms with Crippen molar-refractivity contribution in [1.29, 1.82) is 0 Å². The fourth-order valence-corrected chi connectivity index (χ4v) is 4.35. The molecule has 1 unspecified atom stereocenters. The molecule has 1 aromatic heterocycles. The number of fused-ring (bicyclic) bond motifs is 1. The first-order chi connectivity index (χ1) is 16.0. The number of carboxylic acids is 1. The van der Waals surface area contributed by atoms with Crippen molar-refractivity contribution in [1.82, 2.24) is 9.55 Å². The number of benzene rings is 3. The molecule has 1 aliphatic heterocycles. The van der Waals surface area contributed by atoms with Crippen molar-refractivity contribution in [2.24, 2.45) is 0 Å². The topological polar surface area (TPSA) is 107 Å². The molecule has 33 heavy (non-hydrogen) atoms. The minimum absolute atomic E-state index is 0.0638. The standard InChI is InChI=1S/C26H23N3O4/c27-26-28-22-14-19(16-5-2-1-3-6-16)13-21(17-8-10-18(11-9-17)25(31)32)23(22)24(30)29(26)15-20-7-4-12-33-20/h1-3,5-6,8-11,13-14,20H,4,7,12,15H2,(H2,27,28)(H,31,32). The number of aromatic nitrogens is 2. The van der Waals surface area contributed by atoms with Gasteiger partial charge >= 0.3 is 5.97 Å². The summed E-state index contributed by atoms with van der Waals surface area (Å²) in [5, 5.41) is 9.72. The zero-order valence-electron chi connectivity index (χ0n) is 17.9. The maximum Gasteiger partial charge on any atom is 0.335 e. The monoisotopic (exact) mass is 441 g/mol. The fraction of sp³-hybridized carbons (Fsp3) is 0.192. The maximum absolute atomic E-state index is 13.6. The number of carboxylic acid groups (broad SMARTS) is 1. The number of aromatic carboxylic acids is 1. The molecule has 7 heteroatoms. The van der Waals surface area contributed by atoms with Gasteiger partial charge in [0.1, 0.15) is 0 Å². The van der Waals surface area contributed by atoms with Crippen molar-refractivity contribution in [2.45, 2.75) is 25.5 Å². The molecule has 0 spiro atoms. The Labute approximate surface area is 190 Å². The highest BCUT2D eigenvalue weighted by Gasteiger charge is 2.21. The molecule has 7 nitrogen and oxygen atoms in total. The van der Waals surface area contributed by atoms with E-state index in [1.807, 2.05) is 42.5 Å². The third-order valence-electron chi connectivity index (χ3n) is 6.05. The Kier molecular flexibility index (Phi) is 5.40. The van der Waals surface area contributed by atoms with E-state index < -0.39 is 5.97 Å². The first-order valence-electron chi connectivity index (χ1n) is 10.9. The lowest BCUT2D eigenvalue weighted by atomic mass is 9.95. The Hall–Kier alpha value is -3.97. The van der Waals surface area contributed by atoms with Gasteiger partial charge in [0.05, 0.1) is 29.1 Å². The molecule has 1 fully saturated rings. The number of rotatable bonds is 5. The van der Waals surface area contributed by atoms with Gasteiger partial charge in [-0.05, 0) is 59.4 Å². The number of ether oxygens (including phenoxy) is 1. The van der Waals surface area contributed by atoms with E-state index in [1.165, 1.54) is 16.7 Å². The van der Waals surface area contributed by atoms with Crippen LogP contribution in [0.1, 0.15) is 23.2 Å². The van der Waals surface area contributed by atoms with Gasteiger partial charge in [-0.15, -0.1) is 0 Å². The Balaban J connectivity index is 1.74. The molecule has 0 aliphatic carbocycles. The Morgan fingerprint density at radius 1 is 1.06 bits per heavy atom. The van der Waals surface area contributed by atoms with Crippen molar-refractivity contribution >= 4 is 22.8 Å². The minimum Gasteiger partial charge on any atom is -0.478 e. The highest BCUT2D eigenvalue weighted by Crippen LogP contribution is 2.32. The van der Waals surface area contributed by atoms with E-state index >= 15 is 0 Å². The summed E-state index contributed by atoms with van der Waals surface area (Å²) in [6.45, 7) is 1.04. The molecule has 3 aromatic carbocycles. The second-order valence-electron chi connectivity index (χ2n) is 8.19. The number of carbonyl (C=O) groups is 1. The van der Waals surface area contributed by atoms with Gasteiger partial charge in [0.25, 0.3) is 5.56 Å². The van der Waals surface area contributed by atoms with Gasteiger partial charge in [-0.25, -0.2) is 9.78 Å². The Morgan fingerprint density at radius 3 is 2.48 bits per heavy atom. The van der Waals surface area contributed by atoms with Gasteiger partial charge in [0.15, 0.2) is 0 Å². The highest BCUT2D eigenvalue weighted by atomic mass is 16.5. The van der Waals surface area contributed by atoms with Crippen LogP contribution >= 0.6 is 0 Å². The molecule has 0 radical (unpaired) electrons. The summed E-state index contributed by atoms with van der Waals surface area (Å²) in [6, 6.07) is 20.1. The number of nitrogen functional groups attached to an aromatic ring is 1. The molecular weight excluding hydrogens is 418 g/mol. The first-order valence-corrected chi connectivity index (χ1v) is 10.9. The van der Waals surface area contributed by atoms with Gasteiger partial charge in [-0.3, -0.25) is 9.36 Å². The van der Waals surface area contributed by atoms with Crippen LogP contribution in [-0.2, 0) is 11.3 Å². The van der Waals surface area contributed by atoms with Crippen LogP contribution in [-0.4, -0.2) is 33.3 Å². The van der Waals surface area contributed by atoms with Crippen molar-refractivity contribution < 1.29 is 14.6 Å². The second kappa shape index (κ2) is 8.52. The average Bonchev–Trinajstić information content (AvgIpc) is 3.35. The lowest BCUT2D eigenvalue weighted by molar-refractivity contribution is 0.0697. The maximum atomic E-state index is 13.6. The summed E-state index contributed by atoms with van der Waals surface area (Å²) in [5.74, 6) is -0.849. The van der Waals surface area contributed by atoms with Gasteiger partial charge in [0.2, 0.25) is 5.95 Å². The molecule has 166 valence electrons. The number of anilines is 1. The quantitative estimate of drug-likeness (QED) is 0.481. The molecule has 0 saturated carbocycles. The molecule has 2 heterocycles. The van der Waals surface area contributed by atoms with Crippen LogP contribution in [0.4, 0.5) is 5.95 Å². The van der Waals surface area contributed by atoms with Crippen molar-refractivity contribution in [2.75, 3.05) is 12.3 Å². The van der Waals surface area contributed by atoms with Crippen LogP contribution in [0.5, 0.6) is 0 Å². The molecule has 5 rings (SSSR count). The van der Waals surface area contributed by atoms with E-state index in [-0.39, 0.29) is 23.2 Å². The zero-order chi connectivity index (χ0) is 22.9. The summed E-state index contributed by atoms with van der Waals surface area (Å²) in [5.41, 5.74) is 9.96. The summed E-state index contributed by atoms with van der Waals surface area (Å²) in [7, 11) is 0. The van der Waals surface area contributed by atoms with Crippen LogP contribution in [0.15, 0.2) is 71.5 Å². The van der Waals surface area contributed by atoms with Crippen LogP contribution < -0.4 is 11.3 Å². The number of hydrogen-bond donors (Lipinski definition) is 2. The molecule has 0 bridgehead atoms. The van der Waals surface area contributed by atoms with Gasteiger partial charge in [-0.1, -0.05) is 42.5 Å². The third kappa shape index (κ3) is 3.99. The summed E-state index contributed by atoms with van der Waals surface area (Å²) >= 11 is 0. The molecule has 3 N–H and O–H groups in total. The van der Waals surface area contributed by atoms with Crippen LogP contribution in [0.2, 0.25) is 0 Å². The van der Waals surface area contributed by atoms with Gasteiger partial charge < -0.3 is 15.6 Å². The minimum atomic E-state index is -1.00. The van der Waals surface area contributed by atoms with Gasteiger partial charge in [-0.2, -0.15) is 0 Å². The number of nitrogens with zero attached hydrogens (tertiary/aromatic N) is 2. The van der Waals surface area contributed by atoms with Gasteiger partial charge in [0, 0.05) is 6.61 Å². The number of nitrogens with two attached hydrogens (primary N) is 1. The molecule has 0 amide bonds. The third-order valence-corrected chi connectivity index (χ3v) is 6.05. The van der Waals surface area contributed by atoms with E-state index in [1.54, 1.807) is 12.1 Å². The zero-order valence-corrected chi connectivity index (χ0v) is 17.9. The van der Waals surface area contributed by atoms with E-state index in [0.29, 0.717) is 29.6 Å². The summed E-state index contributed by atoms with van der Waals surface area (Å²) in [4.78, 5) is 29.5. The summed E-state index contributed by atoms with van der Waals surface area (Å²) < 4.78 is 7.19. The fourth-order valence-electron chi connectivity index (χ4n) is 4.35. The van der Waals surface area contributed by atoms with Crippen molar-refractivity contribution in [3.63, 3.8) is 0 Å². The molecule has 1 saturated heterocycles. The predicted octanol–water partition coefficient (Wildman–Crippen LogP) is 4.19. The largest absolute Gasteiger partial charge is 0.478 e. The number of hydrogen-bond acceptors (Lipinski definition) is 5. The van der Waals surface area contributed by atoms with E-state index in [2.05, 4.69) is 4.98 Å². The average molecular weight is 441 g/mol. The predicted molar refractivity (Wildman–Crippen MR) is 127 cm³/mol. The lowest BCUT2D eigenvalue weighted by Gasteiger charge is -2.17. The Bertz CT molecular complexity index is 1390. The normalized spacial score (nSPS) is 15.7. The smallest absolute Gasteiger partial charge is 0.335 e. The molecular formula is C26H23N3O4. The van der Waals surface area contributed by atoms with Crippen LogP contribution in [0, 0.1) is 0 Å². The molecule has 4 aromatic rings. The lowest BCUT2D eigenvalue weighted by Crippen LogP contribution is -2.29. The molecule has 1 aliphatic rings. The van der Waals surface area contributed by atoms with E-state index in [0.717, 1.165) is 29.5 Å². The summed E-state index contributed by atoms with van der Waals surface area (Å²) in [6.07, 6.45) is 1.77. The van der Waals surface area contributed by atoms with Crippen molar-refractivity contribution in [3.05, 3.63) is 82.6 Å². The highest BCUT2D eigenvalue weighted by molar-refractivity contribution is 5.98. The molecule has 1 atom stereocenters. The SMILES string of the molecule is Nc1nc2cc(-c3ccccc3)cc(-c3ccc(C(=O)O)cc3)c2c(=O)n1CC1CCCO1.